The molecule has 3 rings (SSSR count). The van der Waals surface area contributed by atoms with E-state index in [-0.39, 0.29) is 0 Å². The van der Waals surface area contributed by atoms with Gasteiger partial charge < -0.3 is 5.32 Å². The zero-order chi connectivity index (χ0) is 13.9. The van der Waals surface area contributed by atoms with Crippen molar-refractivity contribution >= 4 is 11.3 Å². The number of hydrogen-bond donors (Lipinski definition) is 1. The molecule has 1 aromatic heterocycles. The molecule has 1 aromatic carbocycles. The van der Waals surface area contributed by atoms with E-state index >= 15 is 0 Å². The predicted octanol–water partition coefficient (Wildman–Crippen LogP) is 4.50. The summed E-state index contributed by atoms with van der Waals surface area (Å²) in [6.07, 6.45) is 4.98. The number of thiophene rings is 1. The summed E-state index contributed by atoms with van der Waals surface area (Å²) in [5.74, 6) is 0. The van der Waals surface area contributed by atoms with Gasteiger partial charge in [0.05, 0.1) is 6.04 Å². The molecule has 0 aliphatic heterocycles. The van der Waals surface area contributed by atoms with Crippen molar-refractivity contribution < 1.29 is 0 Å². The van der Waals surface area contributed by atoms with Gasteiger partial charge in [-0.25, -0.2) is 0 Å². The van der Waals surface area contributed by atoms with Crippen LogP contribution in [0, 0.1) is 0 Å². The lowest BCUT2D eigenvalue weighted by Gasteiger charge is -2.18. The number of aryl methyl sites for hydroxylation is 3. The Hall–Kier alpha value is -1.12. The lowest BCUT2D eigenvalue weighted by Crippen LogP contribution is -2.21. The molecule has 1 heterocycles. The molecule has 0 radical (unpaired) electrons. The van der Waals surface area contributed by atoms with E-state index in [1.54, 1.807) is 11.1 Å². The van der Waals surface area contributed by atoms with Crippen LogP contribution in [0.5, 0.6) is 0 Å². The van der Waals surface area contributed by atoms with Crippen LogP contribution in [0.25, 0.3) is 0 Å². The molecule has 0 fully saturated rings. The maximum absolute atomic E-state index is 3.65. The van der Waals surface area contributed by atoms with Gasteiger partial charge in [-0.05, 0) is 61.1 Å². The summed E-state index contributed by atoms with van der Waals surface area (Å²) >= 11 is 1.95. The van der Waals surface area contributed by atoms with Crippen molar-refractivity contribution in [2.75, 3.05) is 6.54 Å². The van der Waals surface area contributed by atoms with Crippen molar-refractivity contribution in [1.82, 2.24) is 5.32 Å². The highest BCUT2D eigenvalue weighted by atomic mass is 32.1. The largest absolute Gasteiger partial charge is 0.306 e. The fourth-order valence-corrected chi connectivity index (χ4v) is 4.15. The van der Waals surface area contributed by atoms with Gasteiger partial charge in [-0.3, -0.25) is 0 Å². The monoisotopic (exact) mass is 285 g/mol. The SMILES string of the molecule is CCNC(c1ccc2c(c1)CCC2)c1ccc(CC)s1. The Morgan fingerprint density at radius 3 is 2.70 bits per heavy atom. The first-order valence-corrected chi connectivity index (χ1v) is 8.57. The molecule has 20 heavy (non-hydrogen) atoms. The first-order valence-electron chi connectivity index (χ1n) is 7.75. The molecule has 0 saturated carbocycles. The van der Waals surface area contributed by atoms with E-state index in [9.17, 15) is 0 Å². The van der Waals surface area contributed by atoms with Gasteiger partial charge >= 0.3 is 0 Å². The molecule has 1 atom stereocenters. The standard InChI is InChI=1S/C18H23NS/c1-3-16-10-11-17(20-16)18(19-4-2)15-9-8-13-6-5-7-14(13)12-15/h8-12,18-19H,3-7H2,1-2H3. The molecule has 106 valence electrons. The average Bonchev–Trinajstić information content (AvgIpc) is 3.12. The summed E-state index contributed by atoms with van der Waals surface area (Å²) in [6.45, 7) is 5.42. The van der Waals surface area contributed by atoms with Gasteiger partial charge in [-0.15, -0.1) is 11.3 Å². The van der Waals surface area contributed by atoms with Crippen LogP contribution >= 0.6 is 11.3 Å². The highest BCUT2D eigenvalue weighted by molar-refractivity contribution is 7.12. The van der Waals surface area contributed by atoms with Gasteiger partial charge in [-0.1, -0.05) is 32.0 Å². The van der Waals surface area contributed by atoms with E-state index < -0.39 is 0 Å². The van der Waals surface area contributed by atoms with Crippen LogP contribution in [0.3, 0.4) is 0 Å². The van der Waals surface area contributed by atoms with E-state index in [4.69, 9.17) is 0 Å². The molecule has 1 N–H and O–H groups in total. The number of hydrogen-bond acceptors (Lipinski definition) is 2. The van der Waals surface area contributed by atoms with Gasteiger partial charge in [0, 0.05) is 9.75 Å². The molecule has 0 amide bonds. The molecule has 0 spiro atoms. The minimum atomic E-state index is 0.358. The summed E-state index contributed by atoms with van der Waals surface area (Å²) in [6, 6.07) is 12.0. The molecule has 0 bridgehead atoms. The van der Waals surface area contributed by atoms with Crippen LogP contribution in [-0.4, -0.2) is 6.54 Å². The maximum Gasteiger partial charge on any atom is 0.0671 e. The Morgan fingerprint density at radius 1 is 1.10 bits per heavy atom. The topological polar surface area (TPSA) is 12.0 Å². The van der Waals surface area contributed by atoms with Crippen molar-refractivity contribution in [3.8, 4) is 0 Å². The first kappa shape index (κ1) is 13.8. The zero-order valence-electron chi connectivity index (χ0n) is 12.4. The minimum absolute atomic E-state index is 0.358. The van der Waals surface area contributed by atoms with Gasteiger partial charge in [0.2, 0.25) is 0 Å². The highest BCUT2D eigenvalue weighted by Crippen LogP contribution is 2.32. The summed E-state index contributed by atoms with van der Waals surface area (Å²) in [5.41, 5.74) is 4.55. The first-order chi connectivity index (χ1) is 9.81. The third kappa shape index (κ3) is 2.68. The number of rotatable bonds is 5. The molecule has 2 heteroatoms. The average molecular weight is 285 g/mol. The molecule has 2 aromatic rings. The molecule has 1 unspecified atom stereocenters. The van der Waals surface area contributed by atoms with Crippen molar-refractivity contribution in [2.24, 2.45) is 0 Å². The lowest BCUT2D eigenvalue weighted by molar-refractivity contribution is 0.639. The summed E-state index contributed by atoms with van der Waals surface area (Å²) in [4.78, 5) is 2.92. The Morgan fingerprint density at radius 2 is 1.95 bits per heavy atom. The third-order valence-electron chi connectivity index (χ3n) is 4.18. The predicted molar refractivity (Wildman–Crippen MR) is 87.7 cm³/mol. The van der Waals surface area contributed by atoms with Gasteiger partial charge in [0.1, 0.15) is 0 Å². The van der Waals surface area contributed by atoms with E-state index in [2.05, 4.69) is 49.5 Å². The van der Waals surface area contributed by atoms with Gasteiger partial charge in [-0.2, -0.15) is 0 Å². The number of nitrogens with one attached hydrogen (secondary N) is 1. The molecule has 1 aliphatic rings. The van der Waals surface area contributed by atoms with Gasteiger partial charge in [0.25, 0.3) is 0 Å². The zero-order valence-corrected chi connectivity index (χ0v) is 13.2. The smallest absolute Gasteiger partial charge is 0.0671 e. The Balaban J connectivity index is 1.93. The Bertz CT molecular complexity index is 585. The van der Waals surface area contributed by atoms with Crippen LogP contribution in [0.4, 0.5) is 0 Å². The summed E-state index contributed by atoms with van der Waals surface area (Å²) in [5, 5.41) is 3.65. The number of fused-ring (bicyclic) bond motifs is 1. The van der Waals surface area contributed by atoms with Crippen molar-refractivity contribution in [3.05, 3.63) is 56.8 Å². The fourth-order valence-electron chi connectivity index (χ4n) is 3.10. The normalized spacial score (nSPS) is 15.3. The quantitative estimate of drug-likeness (QED) is 0.853. The van der Waals surface area contributed by atoms with Crippen molar-refractivity contribution in [2.45, 2.75) is 45.6 Å². The maximum atomic E-state index is 3.65. The second-order valence-corrected chi connectivity index (χ2v) is 6.73. The van der Waals surface area contributed by atoms with E-state index in [1.807, 2.05) is 11.3 Å². The van der Waals surface area contributed by atoms with Crippen molar-refractivity contribution in [3.63, 3.8) is 0 Å². The van der Waals surface area contributed by atoms with Crippen LogP contribution in [0.15, 0.2) is 30.3 Å². The molecular weight excluding hydrogens is 262 g/mol. The van der Waals surface area contributed by atoms with Crippen LogP contribution in [0.1, 0.15) is 52.8 Å². The van der Waals surface area contributed by atoms with Crippen LogP contribution < -0.4 is 5.32 Å². The molecule has 1 nitrogen and oxygen atoms in total. The lowest BCUT2D eigenvalue weighted by atomic mass is 10.00. The second kappa shape index (κ2) is 6.11. The molecular formula is C18H23NS. The van der Waals surface area contributed by atoms with Gasteiger partial charge in [0.15, 0.2) is 0 Å². The van der Waals surface area contributed by atoms with E-state index in [0.29, 0.717) is 6.04 Å². The van der Waals surface area contributed by atoms with Crippen LogP contribution in [0.2, 0.25) is 0 Å². The summed E-state index contributed by atoms with van der Waals surface area (Å²) < 4.78 is 0. The Kier molecular flexibility index (Phi) is 4.23. The Labute approximate surface area is 126 Å². The minimum Gasteiger partial charge on any atom is -0.306 e. The van der Waals surface area contributed by atoms with E-state index in [0.717, 1.165) is 13.0 Å². The summed E-state index contributed by atoms with van der Waals surface area (Å²) in [7, 11) is 0. The number of benzene rings is 1. The highest BCUT2D eigenvalue weighted by Gasteiger charge is 2.18. The third-order valence-corrected chi connectivity index (χ3v) is 5.47. The molecule has 1 aliphatic carbocycles. The second-order valence-electron chi connectivity index (χ2n) is 5.53. The molecule has 0 saturated heterocycles. The van der Waals surface area contributed by atoms with Crippen LogP contribution in [-0.2, 0) is 19.3 Å². The van der Waals surface area contributed by atoms with Crippen molar-refractivity contribution in [1.29, 1.82) is 0 Å². The van der Waals surface area contributed by atoms with E-state index in [1.165, 1.54) is 34.6 Å². The fraction of sp³-hybridized carbons (Fsp3) is 0.444.